The van der Waals surface area contributed by atoms with Crippen LogP contribution in [0.25, 0.3) is 0 Å². The summed E-state index contributed by atoms with van der Waals surface area (Å²) in [6.45, 7) is 1.90. The van der Waals surface area contributed by atoms with Gasteiger partial charge in [-0.2, -0.15) is 0 Å². The maximum Gasteiger partial charge on any atom is 0.204 e. The molecule has 3 nitrogen and oxygen atoms in total. The van der Waals surface area contributed by atoms with E-state index in [1.54, 1.807) is 12.2 Å². The molecule has 60 valence electrons. The summed E-state index contributed by atoms with van der Waals surface area (Å²) in [4.78, 5) is 10.9. The highest BCUT2D eigenvalue weighted by Gasteiger charge is 2.14. The van der Waals surface area contributed by atoms with Crippen molar-refractivity contribution in [2.24, 2.45) is 0 Å². The van der Waals surface area contributed by atoms with E-state index in [1.165, 1.54) is 14.0 Å². The summed E-state index contributed by atoms with van der Waals surface area (Å²) in [5.74, 6) is 0.713. The fourth-order valence-electron chi connectivity index (χ4n) is 0.869. The first-order valence-electron chi connectivity index (χ1n) is 3.34. The molecule has 0 unspecified atom stereocenters. The van der Waals surface area contributed by atoms with Crippen molar-refractivity contribution >= 4 is 5.78 Å². The second kappa shape index (κ2) is 3.23. The van der Waals surface area contributed by atoms with E-state index in [9.17, 15) is 4.79 Å². The van der Waals surface area contributed by atoms with Gasteiger partial charge in [0.25, 0.3) is 0 Å². The number of ether oxygens (including phenoxy) is 2. The Labute approximate surface area is 65.3 Å². The summed E-state index contributed by atoms with van der Waals surface area (Å²) in [7, 11) is 1.51. The fraction of sp³-hybridized carbons (Fsp3) is 0.375. The van der Waals surface area contributed by atoms with Gasteiger partial charge < -0.3 is 9.47 Å². The highest BCUT2D eigenvalue weighted by atomic mass is 16.5. The lowest BCUT2D eigenvalue weighted by Gasteiger charge is -2.12. The predicted molar refractivity (Wildman–Crippen MR) is 39.8 cm³/mol. The van der Waals surface area contributed by atoms with E-state index in [0.717, 1.165) is 0 Å². The summed E-state index contributed by atoms with van der Waals surface area (Å²) in [5.41, 5.74) is 0. The molecule has 0 aromatic carbocycles. The molecule has 0 fully saturated rings. The van der Waals surface area contributed by atoms with Crippen molar-refractivity contribution in [1.29, 1.82) is 0 Å². The SMILES string of the molecule is COC1=C(C(C)=O)OCC=C1. The van der Waals surface area contributed by atoms with E-state index in [0.29, 0.717) is 18.1 Å². The molecule has 0 spiro atoms. The Morgan fingerprint density at radius 1 is 1.73 bits per heavy atom. The van der Waals surface area contributed by atoms with Gasteiger partial charge in [0.2, 0.25) is 5.76 Å². The largest absolute Gasteiger partial charge is 0.493 e. The van der Waals surface area contributed by atoms with Crippen molar-refractivity contribution in [3.63, 3.8) is 0 Å². The lowest BCUT2D eigenvalue weighted by Crippen LogP contribution is -2.09. The topological polar surface area (TPSA) is 35.5 Å². The van der Waals surface area contributed by atoms with E-state index >= 15 is 0 Å². The van der Waals surface area contributed by atoms with Crippen LogP contribution in [0.2, 0.25) is 0 Å². The van der Waals surface area contributed by atoms with Crippen molar-refractivity contribution < 1.29 is 14.3 Å². The van der Waals surface area contributed by atoms with Crippen LogP contribution in [-0.2, 0) is 14.3 Å². The molecule has 0 bridgehead atoms. The first kappa shape index (κ1) is 7.85. The van der Waals surface area contributed by atoms with Gasteiger partial charge in [0.1, 0.15) is 6.61 Å². The molecule has 0 aromatic heterocycles. The van der Waals surface area contributed by atoms with Gasteiger partial charge in [-0.15, -0.1) is 0 Å². The molecule has 1 aliphatic rings. The molecule has 0 aliphatic carbocycles. The lowest BCUT2D eigenvalue weighted by molar-refractivity contribution is -0.117. The van der Waals surface area contributed by atoms with Crippen molar-refractivity contribution in [1.82, 2.24) is 0 Å². The number of hydrogen-bond acceptors (Lipinski definition) is 3. The Hall–Kier alpha value is -1.25. The van der Waals surface area contributed by atoms with E-state index in [-0.39, 0.29) is 5.78 Å². The highest BCUT2D eigenvalue weighted by molar-refractivity contribution is 5.92. The van der Waals surface area contributed by atoms with Crippen molar-refractivity contribution in [2.45, 2.75) is 6.92 Å². The minimum absolute atomic E-state index is 0.105. The van der Waals surface area contributed by atoms with Gasteiger partial charge in [0.15, 0.2) is 11.5 Å². The molecule has 0 atom stereocenters. The van der Waals surface area contributed by atoms with E-state index in [2.05, 4.69) is 0 Å². The number of rotatable bonds is 2. The van der Waals surface area contributed by atoms with Crippen LogP contribution in [-0.4, -0.2) is 19.5 Å². The van der Waals surface area contributed by atoms with Gasteiger partial charge >= 0.3 is 0 Å². The van der Waals surface area contributed by atoms with E-state index in [4.69, 9.17) is 9.47 Å². The number of carbonyl (C=O) groups is 1. The average Bonchev–Trinajstić information content (AvgIpc) is 2.04. The zero-order chi connectivity index (χ0) is 8.27. The van der Waals surface area contributed by atoms with Crippen LogP contribution in [0, 0.1) is 0 Å². The quantitative estimate of drug-likeness (QED) is 0.595. The minimum atomic E-state index is -0.105. The second-order valence-electron chi connectivity index (χ2n) is 2.17. The van der Waals surface area contributed by atoms with Crippen LogP contribution in [0.1, 0.15) is 6.92 Å². The molecular weight excluding hydrogens is 144 g/mol. The Bertz CT molecular complexity index is 225. The monoisotopic (exact) mass is 154 g/mol. The highest BCUT2D eigenvalue weighted by Crippen LogP contribution is 2.14. The van der Waals surface area contributed by atoms with Crippen molar-refractivity contribution in [2.75, 3.05) is 13.7 Å². The first-order valence-corrected chi connectivity index (χ1v) is 3.34. The standard InChI is InChI=1S/C8H10O3/c1-6(9)8-7(10-2)4-3-5-11-8/h3-4H,5H2,1-2H3. The van der Waals surface area contributed by atoms with Crippen LogP contribution in [0.4, 0.5) is 0 Å². The van der Waals surface area contributed by atoms with Crippen LogP contribution < -0.4 is 0 Å². The van der Waals surface area contributed by atoms with Gasteiger partial charge in [-0.05, 0) is 12.2 Å². The maximum atomic E-state index is 10.9. The zero-order valence-electron chi connectivity index (χ0n) is 6.59. The summed E-state index contributed by atoms with van der Waals surface area (Å²) in [5, 5.41) is 0. The molecule has 0 aromatic rings. The average molecular weight is 154 g/mol. The molecule has 0 saturated carbocycles. The number of hydrogen-bond donors (Lipinski definition) is 0. The maximum absolute atomic E-state index is 10.9. The molecule has 1 heterocycles. The Morgan fingerprint density at radius 3 is 2.91 bits per heavy atom. The number of allylic oxidation sites excluding steroid dienone is 2. The first-order chi connectivity index (χ1) is 5.25. The summed E-state index contributed by atoms with van der Waals surface area (Å²) in [6, 6.07) is 0. The number of ketones is 1. The Balaban J connectivity index is 2.91. The summed E-state index contributed by atoms with van der Waals surface area (Å²) in [6.07, 6.45) is 3.53. The number of carbonyl (C=O) groups excluding carboxylic acids is 1. The normalized spacial score (nSPS) is 16.2. The van der Waals surface area contributed by atoms with E-state index < -0.39 is 0 Å². The molecule has 0 saturated heterocycles. The summed E-state index contributed by atoms with van der Waals surface area (Å²) >= 11 is 0. The van der Waals surface area contributed by atoms with Gasteiger partial charge in [-0.3, -0.25) is 4.79 Å². The Morgan fingerprint density at radius 2 is 2.45 bits per heavy atom. The number of Topliss-reactive ketones (excluding diaryl/α,β-unsaturated/α-hetero) is 1. The minimum Gasteiger partial charge on any atom is -0.493 e. The molecule has 1 aliphatic heterocycles. The molecule has 0 radical (unpaired) electrons. The molecule has 0 amide bonds. The Kier molecular flexibility index (Phi) is 2.31. The van der Waals surface area contributed by atoms with Crippen LogP contribution in [0.3, 0.4) is 0 Å². The molecule has 0 N–H and O–H groups in total. The molecule has 11 heavy (non-hydrogen) atoms. The predicted octanol–water partition coefficient (Wildman–Crippen LogP) is 1.02. The fourth-order valence-corrected chi connectivity index (χ4v) is 0.869. The molecule has 1 rings (SSSR count). The smallest absolute Gasteiger partial charge is 0.204 e. The second-order valence-corrected chi connectivity index (χ2v) is 2.17. The third-order valence-corrected chi connectivity index (χ3v) is 1.36. The van der Waals surface area contributed by atoms with Crippen LogP contribution in [0.5, 0.6) is 0 Å². The van der Waals surface area contributed by atoms with Gasteiger partial charge in [-0.25, -0.2) is 0 Å². The summed E-state index contributed by atoms with van der Waals surface area (Å²) < 4.78 is 9.97. The third-order valence-electron chi connectivity index (χ3n) is 1.36. The lowest BCUT2D eigenvalue weighted by atomic mass is 10.2. The molecular formula is C8H10O3. The van der Waals surface area contributed by atoms with Crippen LogP contribution in [0.15, 0.2) is 23.7 Å². The zero-order valence-corrected chi connectivity index (χ0v) is 6.59. The molecule has 3 heteroatoms. The third kappa shape index (κ3) is 1.61. The van der Waals surface area contributed by atoms with E-state index in [1.807, 2.05) is 0 Å². The van der Waals surface area contributed by atoms with Gasteiger partial charge in [0.05, 0.1) is 7.11 Å². The van der Waals surface area contributed by atoms with Crippen LogP contribution >= 0.6 is 0 Å². The van der Waals surface area contributed by atoms with Crippen molar-refractivity contribution in [3.05, 3.63) is 23.7 Å². The van der Waals surface area contributed by atoms with Crippen molar-refractivity contribution in [3.8, 4) is 0 Å². The van der Waals surface area contributed by atoms with Gasteiger partial charge in [0, 0.05) is 6.92 Å². The van der Waals surface area contributed by atoms with Gasteiger partial charge in [-0.1, -0.05) is 0 Å². The number of methoxy groups -OCH3 is 1.